The minimum atomic E-state index is -5.08. The van der Waals surface area contributed by atoms with Crippen molar-refractivity contribution in [2.75, 3.05) is 32.8 Å². The van der Waals surface area contributed by atoms with Gasteiger partial charge in [0.05, 0.1) is 12.6 Å². The predicted molar refractivity (Wildman–Crippen MR) is 108 cm³/mol. The molecule has 1 saturated carbocycles. The van der Waals surface area contributed by atoms with Gasteiger partial charge in [0, 0.05) is 18.7 Å². The average molecular weight is 442 g/mol. The average Bonchev–Trinajstić information content (AvgIpc) is 3.56. The number of ether oxygens (including phenoxy) is 1. The van der Waals surface area contributed by atoms with Gasteiger partial charge in [-0.05, 0) is 68.7 Å². The van der Waals surface area contributed by atoms with Gasteiger partial charge < -0.3 is 20.1 Å². The van der Waals surface area contributed by atoms with Crippen molar-refractivity contribution < 1.29 is 32.6 Å². The number of likely N-dealkylation sites (tertiary alicyclic amines) is 1. The Hall–Kier alpha value is -2.13. The molecular formula is C22H29F3N2O4. The third-order valence-corrected chi connectivity index (χ3v) is 6.42. The summed E-state index contributed by atoms with van der Waals surface area (Å²) in [5.74, 6) is -1.76. The van der Waals surface area contributed by atoms with E-state index in [-0.39, 0.29) is 17.4 Å². The number of benzene rings is 1. The van der Waals surface area contributed by atoms with E-state index in [0.717, 1.165) is 24.5 Å². The van der Waals surface area contributed by atoms with E-state index in [1.807, 2.05) is 30.3 Å². The van der Waals surface area contributed by atoms with Crippen LogP contribution in [0.1, 0.15) is 42.5 Å². The second-order valence-electron chi connectivity index (χ2n) is 8.63. The van der Waals surface area contributed by atoms with Crippen LogP contribution in [0.5, 0.6) is 0 Å². The third kappa shape index (κ3) is 6.67. The van der Waals surface area contributed by atoms with Crippen molar-refractivity contribution in [2.24, 2.45) is 11.3 Å². The summed E-state index contributed by atoms with van der Waals surface area (Å²) in [6.45, 7) is 5.12. The van der Waals surface area contributed by atoms with Gasteiger partial charge in [-0.1, -0.05) is 18.2 Å². The molecule has 1 aromatic rings. The Kier molecular flexibility index (Phi) is 7.59. The van der Waals surface area contributed by atoms with E-state index in [2.05, 4.69) is 10.2 Å². The maximum absolute atomic E-state index is 12.6. The number of nitrogens with one attached hydrogen (secondary N) is 1. The second-order valence-corrected chi connectivity index (χ2v) is 8.63. The lowest BCUT2D eigenvalue weighted by Crippen LogP contribution is -2.57. The number of hydrogen-bond acceptors (Lipinski definition) is 4. The van der Waals surface area contributed by atoms with Crippen LogP contribution < -0.4 is 5.32 Å². The van der Waals surface area contributed by atoms with Crippen molar-refractivity contribution in [3.63, 3.8) is 0 Å². The van der Waals surface area contributed by atoms with E-state index in [4.69, 9.17) is 14.6 Å². The van der Waals surface area contributed by atoms with Gasteiger partial charge in [0.1, 0.15) is 0 Å². The molecule has 1 unspecified atom stereocenters. The molecule has 3 fully saturated rings. The Morgan fingerprint density at radius 1 is 1.13 bits per heavy atom. The van der Waals surface area contributed by atoms with Crippen LogP contribution in [0.3, 0.4) is 0 Å². The van der Waals surface area contributed by atoms with Crippen LogP contribution in [0.4, 0.5) is 13.2 Å². The van der Waals surface area contributed by atoms with Gasteiger partial charge in [0.15, 0.2) is 0 Å². The number of amides is 1. The molecule has 172 valence electrons. The molecule has 2 heterocycles. The van der Waals surface area contributed by atoms with Gasteiger partial charge >= 0.3 is 12.1 Å². The highest BCUT2D eigenvalue weighted by Crippen LogP contribution is 2.42. The fraction of sp³-hybridized carbons (Fsp3) is 0.636. The third-order valence-electron chi connectivity index (χ3n) is 6.42. The van der Waals surface area contributed by atoms with Crippen LogP contribution in [0.15, 0.2) is 30.3 Å². The number of nitrogens with zero attached hydrogens (tertiary/aromatic N) is 1. The molecule has 3 aliphatic rings. The Balaban J connectivity index is 0.000000339. The van der Waals surface area contributed by atoms with Crippen LogP contribution in [0, 0.1) is 11.3 Å². The highest BCUT2D eigenvalue weighted by atomic mass is 19.4. The molecule has 4 rings (SSSR count). The molecule has 1 spiro atoms. The Bertz CT molecular complexity index is 745. The lowest BCUT2D eigenvalue weighted by atomic mass is 9.69. The summed E-state index contributed by atoms with van der Waals surface area (Å²) >= 11 is 0. The van der Waals surface area contributed by atoms with Gasteiger partial charge in [-0.3, -0.25) is 4.79 Å². The second kappa shape index (κ2) is 9.99. The zero-order valence-corrected chi connectivity index (χ0v) is 17.4. The first-order valence-corrected chi connectivity index (χ1v) is 10.7. The highest BCUT2D eigenvalue weighted by molar-refractivity contribution is 5.94. The Labute approximate surface area is 179 Å². The Morgan fingerprint density at radius 2 is 1.74 bits per heavy atom. The normalized spacial score (nSPS) is 23.5. The van der Waals surface area contributed by atoms with Crippen molar-refractivity contribution >= 4 is 11.9 Å². The summed E-state index contributed by atoms with van der Waals surface area (Å²) in [5.41, 5.74) is 0.965. The maximum Gasteiger partial charge on any atom is 0.490 e. The molecule has 1 aliphatic carbocycles. The van der Waals surface area contributed by atoms with Crippen molar-refractivity contribution in [3.05, 3.63) is 35.9 Å². The maximum atomic E-state index is 12.6. The lowest BCUT2D eigenvalue weighted by Gasteiger charge is -2.49. The molecule has 1 atom stereocenters. The molecule has 0 bridgehead atoms. The van der Waals surface area contributed by atoms with E-state index in [1.54, 1.807) is 0 Å². The summed E-state index contributed by atoms with van der Waals surface area (Å²) in [7, 11) is 0. The summed E-state index contributed by atoms with van der Waals surface area (Å²) in [6, 6.07) is 9.67. The molecule has 0 aromatic heterocycles. The first-order valence-electron chi connectivity index (χ1n) is 10.7. The molecule has 0 radical (unpaired) electrons. The fourth-order valence-corrected chi connectivity index (χ4v) is 4.30. The summed E-state index contributed by atoms with van der Waals surface area (Å²) in [4.78, 5) is 24.1. The molecule has 2 aliphatic heterocycles. The smallest absolute Gasteiger partial charge is 0.475 e. The predicted octanol–water partition coefficient (Wildman–Crippen LogP) is 3.33. The molecule has 1 aromatic carbocycles. The number of piperidine rings is 1. The summed E-state index contributed by atoms with van der Waals surface area (Å²) in [5, 5.41) is 10.4. The van der Waals surface area contributed by atoms with Gasteiger partial charge in [0.2, 0.25) is 0 Å². The zero-order valence-electron chi connectivity index (χ0n) is 17.4. The molecule has 9 heteroatoms. The molecule has 31 heavy (non-hydrogen) atoms. The summed E-state index contributed by atoms with van der Waals surface area (Å²) in [6.07, 6.45) is 1.20. The van der Waals surface area contributed by atoms with Crippen LogP contribution in [-0.2, 0) is 9.53 Å². The van der Waals surface area contributed by atoms with Gasteiger partial charge in [-0.25, -0.2) is 4.79 Å². The zero-order chi connectivity index (χ0) is 22.5. The topological polar surface area (TPSA) is 78.9 Å². The molecule has 1 amide bonds. The van der Waals surface area contributed by atoms with Gasteiger partial charge in [0.25, 0.3) is 5.91 Å². The van der Waals surface area contributed by atoms with Crippen LogP contribution in [-0.4, -0.2) is 66.9 Å². The number of hydrogen-bond donors (Lipinski definition) is 2. The van der Waals surface area contributed by atoms with Gasteiger partial charge in [-0.2, -0.15) is 13.2 Å². The first-order chi connectivity index (χ1) is 14.7. The monoisotopic (exact) mass is 442 g/mol. The van der Waals surface area contributed by atoms with E-state index < -0.39 is 12.1 Å². The molecule has 2 N–H and O–H groups in total. The number of rotatable bonds is 4. The quantitative estimate of drug-likeness (QED) is 0.748. The number of alkyl halides is 3. The molecule has 2 saturated heterocycles. The van der Waals surface area contributed by atoms with Gasteiger partial charge in [-0.15, -0.1) is 0 Å². The SMILES string of the molecule is O=C(NC1COCCC12CCN(CC1CC1)CC2)c1ccccc1.O=C(O)C(F)(F)F. The van der Waals surface area contributed by atoms with Crippen molar-refractivity contribution in [1.29, 1.82) is 0 Å². The standard InChI is InChI=1S/C20H28N2O2.C2HF3O2/c23-19(17-4-2-1-3-5-17)21-18-15-24-13-10-20(18)8-11-22(12-9-20)14-16-6-7-16;3-2(4,5)1(6)7/h1-5,16,18H,6-15H2,(H,21,23);(H,6,7). The largest absolute Gasteiger partial charge is 0.490 e. The minimum absolute atomic E-state index is 0.0332. The van der Waals surface area contributed by atoms with E-state index in [1.165, 1.54) is 45.3 Å². The number of halogens is 3. The number of carboxylic acid groups (broad SMARTS) is 1. The Morgan fingerprint density at radius 3 is 2.29 bits per heavy atom. The van der Waals surface area contributed by atoms with E-state index in [0.29, 0.717) is 6.61 Å². The van der Waals surface area contributed by atoms with E-state index in [9.17, 15) is 18.0 Å². The minimum Gasteiger partial charge on any atom is -0.475 e. The van der Waals surface area contributed by atoms with Crippen LogP contribution in [0.2, 0.25) is 0 Å². The number of carbonyl (C=O) groups excluding carboxylic acids is 1. The number of aliphatic carboxylic acids is 1. The number of carbonyl (C=O) groups is 2. The van der Waals surface area contributed by atoms with E-state index >= 15 is 0 Å². The van der Waals surface area contributed by atoms with Crippen molar-refractivity contribution in [3.8, 4) is 0 Å². The number of carboxylic acids is 1. The van der Waals surface area contributed by atoms with Crippen LogP contribution in [0.25, 0.3) is 0 Å². The lowest BCUT2D eigenvalue weighted by molar-refractivity contribution is -0.192. The first kappa shape index (κ1) is 23.5. The highest BCUT2D eigenvalue weighted by Gasteiger charge is 2.44. The van der Waals surface area contributed by atoms with Crippen molar-refractivity contribution in [2.45, 2.75) is 44.3 Å². The molecular weight excluding hydrogens is 413 g/mol. The van der Waals surface area contributed by atoms with Crippen LogP contribution >= 0.6 is 0 Å². The van der Waals surface area contributed by atoms with Crippen molar-refractivity contribution in [1.82, 2.24) is 10.2 Å². The fourth-order valence-electron chi connectivity index (χ4n) is 4.30. The molecule has 6 nitrogen and oxygen atoms in total. The summed E-state index contributed by atoms with van der Waals surface area (Å²) < 4.78 is 37.5.